The van der Waals surface area contributed by atoms with Crippen LogP contribution in [0.3, 0.4) is 0 Å². The fourth-order valence-electron chi connectivity index (χ4n) is 2.28. The fourth-order valence-corrected chi connectivity index (χ4v) is 4.83. The van der Waals surface area contributed by atoms with Crippen LogP contribution in [0.5, 0.6) is 0 Å². The van der Waals surface area contributed by atoms with E-state index >= 15 is 0 Å². The van der Waals surface area contributed by atoms with Crippen molar-refractivity contribution in [1.29, 1.82) is 0 Å². The van der Waals surface area contributed by atoms with Gasteiger partial charge in [-0.05, 0) is 59.1 Å². The van der Waals surface area contributed by atoms with Crippen molar-refractivity contribution < 1.29 is 13.2 Å². The van der Waals surface area contributed by atoms with Crippen LogP contribution in [-0.2, 0) is 10.0 Å². The Labute approximate surface area is 166 Å². The molecule has 1 aliphatic carbocycles. The lowest BCUT2D eigenvalue weighted by Crippen LogP contribution is -2.28. The van der Waals surface area contributed by atoms with E-state index in [1.807, 2.05) is 30.3 Å². The zero-order valence-corrected chi connectivity index (χ0v) is 17.2. The van der Waals surface area contributed by atoms with Crippen molar-refractivity contribution in [2.75, 3.05) is 12.3 Å². The Morgan fingerprint density at radius 1 is 1.15 bits per heavy atom. The molecule has 0 aliphatic heterocycles. The Morgan fingerprint density at radius 2 is 1.88 bits per heavy atom. The molecule has 5 nitrogen and oxygen atoms in total. The molecule has 138 valence electrons. The average molecular weight is 455 g/mol. The lowest BCUT2D eigenvalue weighted by atomic mass is 10.2. The monoisotopic (exact) mass is 454 g/mol. The summed E-state index contributed by atoms with van der Waals surface area (Å²) in [6, 6.07) is 14.5. The van der Waals surface area contributed by atoms with Crippen LogP contribution in [0, 0.1) is 0 Å². The lowest BCUT2D eigenvalue weighted by molar-refractivity contribution is 0.0955. The first-order chi connectivity index (χ1) is 12.5. The van der Waals surface area contributed by atoms with Crippen molar-refractivity contribution in [2.45, 2.75) is 28.7 Å². The summed E-state index contributed by atoms with van der Waals surface area (Å²) in [4.78, 5) is 13.7. The summed E-state index contributed by atoms with van der Waals surface area (Å²) in [6.07, 6.45) is 1.73. The van der Waals surface area contributed by atoms with E-state index in [2.05, 4.69) is 26.0 Å². The molecule has 0 aromatic heterocycles. The van der Waals surface area contributed by atoms with E-state index in [9.17, 15) is 13.2 Å². The third-order valence-electron chi connectivity index (χ3n) is 3.79. The van der Waals surface area contributed by atoms with Gasteiger partial charge < -0.3 is 5.32 Å². The topological polar surface area (TPSA) is 75.3 Å². The first-order valence-electron chi connectivity index (χ1n) is 8.23. The number of hydrogen-bond acceptors (Lipinski definition) is 4. The standard InChI is InChI=1S/C18H19BrN2O3S2/c19-17-9-8-15(26(23,24)21-13-6-7-13)12-16(17)18(22)20-10-11-25-14-4-2-1-3-5-14/h1-5,8-9,12-13,21H,6-7,10-11H2,(H,20,22). The Balaban J connectivity index is 1.60. The van der Waals surface area contributed by atoms with E-state index in [1.54, 1.807) is 17.8 Å². The molecule has 1 saturated carbocycles. The number of carbonyl (C=O) groups excluding carboxylic acids is 1. The van der Waals surface area contributed by atoms with Gasteiger partial charge in [0.05, 0.1) is 10.5 Å². The molecule has 1 amide bonds. The quantitative estimate of drug-likeness (QED) is 0.473. The number of rotatable bonds is 8. The van der Waals surface area contributed by atoms with E-state index < -0.39 is 10.0 Å². The van der Waals surface area contributed by atoms with Gasteiger partial charge in [0, 0.05) is 27.7 Å². The maximum absolute atomic E-state index is 12.4. The summed E-state index contributed by atoms with van der Waals surface area (Å²) in [6.45, 7) is 0.488. The highest BCUT2D eigenvalue weighted by atomic mass is 79.9. The number of nitrogens with one attached hydrogen (secondary N) is 2. The SMILES string of the molecule is O=C(NCCSc1ccccc1)c1cc(S(=O)(=O)NC2CC2)ccc1Br. The van der Waals surface area contributed by atoms with E-state index in [1.165, 1.54) is 12.1 Å². The van der Waals surface area contributed by atoms with Gasteiger partial charge >= 0.3 is 0 Å². The minimum Gasteiger partial charge on any atom is -0.351 e. The van der Waals surface area contributed by atoms with Crippen LogP contribution in [0.25, 0.3) is 0 Å². The molecule has 2 aromatic rings. The minimum absolute atomic E-state index is 0.0240. The smallest absolute Gasteiger partial charge is 0.252 e. The van der Waals surface area contributed by atoms with Crippen LogP contribution in [0.15, 0.2) is 62.8 Å². The number of benzene rings is 2. The van der Waals surface area contributed by atoms with E-state index in [0.29, 0.717) is 16.6 Å². The molecular formula is C18H19BrN2O3S2. The predicted molar refractivity (Wildman–Crippen MR) is 107 cm³/mol. The van der Waals surface area contributed by atoms with Gasteiger partial charge in [0.15, 0.2) is 0 Å². The molecule has 0 unspecified atom stereocenters. The maximum atomic E-state index is 12.4. The second-order valence-corrected chi connectivity index (χ2v) is 9.69. The van der Waals surface area contributed by atoms with Crippen LogP contribution in [0.4, 0.5) is 0 Å². The van der Waals surface area contributed by atoms with Gasteiger partial charge in [-0.3, -0.25) is 4.79 Å². The second kappa shape index (κ2) is 8.56. The van der Waals surface area contributed by atoms with Gasteiger partial charge in [-0.2, -0.15) is 0 Å². The van der Waals surface area contributed by atoms with Crippen molar-refractivity contribution in [3.8, 4) is 0 Å². The Bertz CT molecular complexity index is 885. The van der Waals surface area contributed by atoms with E-state index in [0.717, 1.165) is 23.5 Å². The van der Waals surface area contributed by atoms with Crippen LogP contribution < -0.4 is 10.0 Å². The molecule has 0 spiro atoms. The van der Waals surface area contributed by atoms with E-state index in [4.69, 9.17) is 0 Å². The summed E-state index contributed by atoms with van der Waals surface area (Å²) in [7, 11) is -3.59. The van der Waals surface area contributed by atoms with Gasteiger partial charge in [0.2, 0.25) is 10.0 Å². The minimum atomic E-state index is -3.59. The molecule has 26 heavy (non-hydrogen) atoms. The molecule has 2 N–H and O–H groups in total. The third-order valence-corrected chi connectivity index (χ3v) is 7.01. The zero-order valence-electron chi connectivity index (χ0n) is 13.9. The summed E-state index contributed by atoms with van der Waals surface area (Å²) in [5, 5.41) is 2.84. The van der Waals surface area contributed by atoms with Crippen LogP contribution in [0.2, 0.25) is 0 Å². The number of amides is 1. The van der Waals surface area contributed by atoms with Crippen LogP contribution in [0.1, 0.15) is 23.2 Å². The number of carbonyl (C=O) groups is 1. The second-order valence-electron chi connectivity index (χ2n) is 5.95. The molecule has 8 heteroatoms. The summed E-state index contributed by atoms with van der Waals surface area (Å²) >= 11 is 4.98. The number of halogens is 1. The highest BCUT2D eigenvalue weighted by Gasteiger charge is 2.28. The summed E-state index contributed by atoms with van der Waals surface area (Å²) < 4.78 is 27.8. The maximum Gasteiger partial charge on any atom is 0.252 e. The van der Waals surface area contributed by atoms with Gasteiger partial charge in [0.25, 0.3) is 5.91 Å². The van der Waals surface area contributed by atoms with Crippen LogP contribution in [-0.4, -0.2) is 32.7 Å². The van der Waals surface area contributed by atoms with Gasteiger partial charge in [0.1, 0.15) is 0 Å². The highest BCUT2D eigenvalue weighted by molar-refractivity contribution is 9.10. The largest absolute Gasteiger partial charge is 0.351 e. The van der Waals surface area contributed by atoms with Crippen molar-refractivity contribution in [2.24, 2.45) is 0 Å². The summed E-state index contributed by atoms with van der Waals surface area (Å²) in [5.41, 5.74) is 0.313. The van der Waals surface area contributed by atoms with Gasteiger partial charge in [-0.15, -0.1) is 11.8 Å². The van der Waals surface area contributed by atoms with Crippen molar-refractivity contribution in [3.63, 3.8) is 0 Å². The van der Waals surface area contributed by atoms with Crippen molar-refractivity contribution >= 4 is 43.6 Å². The average Bonchev–Trinajstić information content (AvgIpc) is 3.43. The van der Waals surface area contributed by atoms with Crippen LogP contribution >= 0.6 is 27.7 Å². The van der Waals surface area contributed by atoms with Gasteiger partial charge in [-0.1, -0.05) is 18.2 Å². The molecule has 0 heterocycles. The fraction of sp³-hybridized carbons (Fsp3) is 0.278. The van der Waals surface area contributed by atoms with Crippen molar-refractivity contribution in [3.05, 3.63) is 58.6 Å². The molecule has 0 bridgehead atoms. The lowest BCUT2D eigenvalue weighted by Gasteiger charge is -2.10. The normalized spacial score (nSPS) is 14.2. The number of hydrogen-bond donors (Lipinski definition) is 2. The van der Waals surface area contributed by atoms with E-state index in [-0.39, 0.29) is 16.8 Å². The molecule has 0 atom stereocenters. The molecule has 2 aromatic carbocycles. The molecule has 3 rings (SSSR count). The molecular weight excluding hydrogens is 436 g/mol. The predicted octanol–water partition coefficient (Wildman–Crippen LogP) is 3.41. The molecule has 1 fully saturated rings. The highest BCUT2D eigenvalue weighted by Crippen LogP contribution is 2.25. The Kier molecular flexibility index (Phi) is 6.39. The molecule has 1 aliphatic rings. The first kappa shape index (κ1) is 19.4. The number of sulfonamides is 1. The molecule has 0 radical (unpaired) electrons. The van der Waals surface area contributed by atoms with Crippen molar-refractivity contribution in [1.82, 2.24) is 10.0 Å². The zero-order chi connectivity index (χ0) is 18.6. The third kappa shape index (κ3) is 5.33. The Morgan fingerprint density at radius 3 is 2.58 bits per heavy atom. The first-order valence-corrected chi connectivity index (χ1v) is 11.5. The van der Waals surface area contributed by atoms with Gasteiger partial charge in [-0.25, -0.2) is 13.1 Å². The Hall–Kier alpha value is -1.35. The summed E-state index contributed by atoms with van der Waals surface area (Å²) in [5.74, 6) is 0.434. The number of thioether (sulfide) groups is 1. The molecule has 0 saturated heterocycles.